The van der Waals surface area contributed by atoms with E-state index in [4.69, 9.17) is 32.7 Å². The Kier molecular flexibility index (Phi) is 7.76. The van der Waals surface area contributed by atoms with Crippen LogP contribution in [-0.2, 0) is 19.6 Å². The Hall–Kier alpha value is -2.27. The minimum absolute atomic E-state index is 0.267. The molecule has 3 rings (SSSR count). The summed E-state index contributed by atoms with van der Waals surface area (Å²) in [6.07, 6.45) is 0.783. The quantitative estimate of drug-likeness (QED) is 0.416. The third-order valence-electron chi connectivity index (χ3n) is 4.48. The van der Waals surface area contributed by atoms with Gasteiger partial charge in [0.15, 0.2) is 11.5 Å². The van der Waals surface area contributed by atoms with Gasteiger partial charge in [0.05, 0.1) is 7.11 Å². The van der Waals surface area contributed by atoms with E-state index in [0.717, 1.165) is 29.7 Å². The molecule has 29 heavy (non-hydrogen) atoms. The third kappa shape index (κ3) is 6.10. The molecule has 0 aliphatic carbocycles. The molecule has 0 aliphatic heterocycles. The fraction of sp³-hybridized carbons (Fsp3) is 0.217. The molecule has 0 saturated heterocycles. The van der Waals surface area contributed by atoms with Gasteiger partial charge in [0.2, 0.25) is 0 Å². The van der Waals surface area contributed by atoms with Gasteiger partial charge in [0, 0.05) is 22.2 Å². The van der Waals surface area contributed by atoms with Crippen molar-refractivity contribution in [3.8, 4) is 11.5 Å². The standard InChI is InChI=1S/C23H22Cl2FNO2/c1-28-22-4-2-3-18(23(22)29-15-16-5-9-20(26)10-6-16)14-27-12-11-17-7-8-19(24)13-21(17)25/h2-10,13,27H,11-12,14-15H2,1H3. The summed E-state index contributed by atoms with van der Waals surface area (Å²) >= 11 is 12.2. The molecule has 0 aromatic heterocycles. The molecule has 0 amide bonds. The highest BCUT2D eigenvalue weighted by atomic mass is 35.5. The van der Waals surface area contributed by atoms with Crippen molar-refractivity contribution in [2.75, 3.05) is 13.7 Å². The first kappa shape index (κ1) is 21.4. The molecular weight excluding hydrogens is 412 g/mol. The molecule has 0 radical (unpaired) electrons. The summed E-state index contributed by atoms with van der Waals surface area (Å²) in [6.45, 7) is 1.69. The van der Waals surface area contributed by atoms with E-state index in [-0.39, 0.29) is 5.82 Å². The number of nitrogens with one attached hydrogen (secondary N) is 1. The minimum Gasteiger partial charge on any atom is -0.493 e. The number of hydrogen-bond acceptors (Lipinski definition) is 3. The van der Waals surface area contributed by atoms with Gasteiger partial charge in [-0.15, -0.1) is 0 Å². The van der Waals surface area contributed by atoms with Crippen molar-refractivity contribution in [3.05, 3.63) is 93.2 Å². The molecule has 0 atom stereocenters. The van der Waals surface area contributed by atoms with E-state index in [1.807, 2.05) is 30.3 Å². The smallest absolute Gasteiger partial charge is 0.166 e. The second-order valence-electron chi connectivity index (χ2n) is 6.53. The molecule has 0 heterocycles. The summed E-state index contributed by atoms with van der Waals surface area (Å²) in [4.78, 5) is 0. The highest BCUT2D eigenvalue weighted by molar-refractivity contribution is 6.35. The number of halogens is 3. The number of ether oxygens (including phenoxy) is 2. The van der Waals surface area contributed by atoms with Crippen LogP contribution in [0.1, 0.15) is 16.7 Å². The maximum atomic E-state index is 13.1. The Labute approximate surface area is 180 Å². The van der Waals surface area contributed by atoms with E-state index >= 15 is 0 Å². The Morgan fingerprint density at radius 3 is 2.48 bits per heavy atom. The molecule has 3 aromatic carbocycles. The van der Waals surface area contributed by atoms with Crippen LogP contribution in [0.15, 0.2) is 60.7 Å². The van der Waals surface area contributed by atoms with E-state index in [9.17, 15) is 4.39 Å². The Morgan fingerprint density at radius 2 is 1.76 bits per heavy atom. The van der Waals surface area contributed by atoms with Gasteiger partial charge in [-0.05, 0) is 54.4 Å². The first-order chi connectivity index (χ1) is 14.1. The zero-order chi connectivity index (χ0) is 20.6. The second kappa shape index (κ2) is 10.5. The summed E-state index contributed by atoms with van der Waals surface area (Å²) in [5.74, 6) is 1.07. The van der Waals surface area contributed by atoms with Gasteiger partial charge >= 0.3 is 0 Å². The van der Waals surface area contributed by atoms with Crippen LogP contribution >= 0.6 is 23.2 Å². The summed E-state index contributed by atoms with van der Waals surface area (Å²) in [7, 11) is 1.61. The van der Waals surface area contributed by atoms with Gasteiger partial charge in [0.25, 0.3) is 0 Å². The molecule has 1 N–H and O–H groups in total. The molecule has 3 nitrogen and oxygen atoms in total. The van der Waals surface area contributed by atoms with Crippen molar-refractivity contribution >= 4 is 23.2 Å². The topological polar surface area (TPSA) is 30.5 Å². The SMILES string of the molecule is COc1cccc(CNCCc2ccc(Cl)cc2Cl)c1OCc1ccc(F)cc1. The molecule has 0 fully saturated rings. The van der Waals surface area contributed by atoms with Crippen molar-refractivity contribution in [1.82, 2.24) is 5.32 Å². The summed E-state index contributed by atoms with van der Waals surface area (Å²) < 4.78 is 24.6. The lowest BCUT2D eigenvalue weighted by molar-refractivity contribution is 0.280. The van der Waals surface area contributed by atoms with E-state index in [2.05, 4.69) is 5.32 Å². The molecule has 152 valence electrons. The minimum atomic E-state index is -0.267. The zero-order valence-corrected chi connectivity index (χ0v) is 17.6. The Bertz CT molecular complexity index is 948. The molecule has 0 spiro atoms. The number of methoxy groups -OCH3 is 1. The number of para-hydroxylation sites is 1. The molecule has 0 unspecified atom stereocenters. The van der Waals surface area contributed by atoms with Gasteiger partial charge in [-0.25, -0.2) is 4.39 Å². The predicted octanol–water partition coefficient (Wildman–Crippen LogP) is 6.05. The maximum Gasteiger partial charge on any atom is 0.166 e. The summed E-state index contributed by atoms with van der Waals surface area (Å²) in [5.41, 5.74) is 2.91. The van der Waals surface area contributed by atoms with Crippen LogP contribution in [-0.4, -0.2) is 13.7 Å². The zero-order valence-electron chi connectivity index (χ0n) is 16.1. The number of hydrogen-bond donors (Lipinski definition) is 1. The van der Waals surface area contributed by atoms with E-state index < -0.39 is 0 Å². The molecule has 0 bridgehead atoms. The van der Waals surface area contributed by atoms with Crippen molar-refractivity contribution in [2.45, 2.75) is 19.6 Å². The van der Waals surface area contributed by atoms with Crippen LogP contribution < -0.4 is 14.8 Å². The molecular formula is C23H22Cl2FNO2. The van der Waals surface area contributed by atoms with Crippen LogP contribution in [0.2, 0.25) is 10.0 Å². The lowest BCUT2D eigenvalue weighted by atomic mass is 10.1. The van der Waals surface area contributed by atoms with Crippen LogP contribution in [0.25, 0.3) is 0 Å². The fourth-order valence-electron chi connectivity index (χ4n) is 2.93. The normalized spacial score (nSPS) is 10.8. The van der Waals surface area contributed by atoms with Crippen molar-refractivity contribution in [3.63, 3.8) is 0 Å². The van der Waals surface area contributed by atoms with Crippen molar-refractivity contribution < 1.29 is 13.9 Å². The van der Waals surface area contributed by atoms with Crippen molar-refractivity contribution in [1.29, 1.82) is 0 Å². The maximum absolute atomic E-state index is 13.1. The molecule has 0 saturated carbocycles. The molecule has 3 aromatic rings. The third-order valence-corrected chi connectivity index (χ3v) is 5.07. The summed E-state index contributed by atoms with van der Waals surface area (Å²) in [5, 5.41) is 4.71. The molecule has 0 aliphatic rings. The Balaban J connectivity index is 1.61. The van der Waals surface area contributed by atoms with Crippen LogP contribution in [0, 0.1) is 5.82 Å². The first-order valence-electron chi connectivity index (χ1n) is 9.24. The van der Waals surface area contributed by atoms with E-state index in [0.29, 0.717) is 34.7 Å². The second-order valence-corrected chi connectivity index (χ2v) is 7.37. The summed E-state index contributed by atoms with van der Waals surface area (Å²) in [6, 6.07) is 17.6. The van der Waals surface area contributed by atoms with Crippen LogP contribution in [0.5, 0.6) is 11.5 Å². The van der Waals surface area contributed by atoms with Gasteiger partial charge in [-0.1, -0.05) is 53.5 Å². The van der Waals surface area contributed by atoms with Gasteiger partial charge in [-0.3, -0.25) is 0 Å². The van der Waals surface area contributed by atoms with Gasteiger partial charge in [0.1, 0.15) is 12.4 Å². The lowest BCUT2D eigenvalue weighted by Crippen LogP contribution is -2.17. The average Bonchev–Trinajstić information content (AvgIpc) is 2.72. The monoisotopic (exact) mass is 433 g/mol. The van der Waals surface area contributed by atoms with Crippen LogP contribution in [0.4, 0.5) is 4.39 Å². The fourth-order valence-corrected chi connectivity index (χ4v) is 3.43. The first-order valence-corrected chi connectivity index (χ1v) is 10.00. The average molecular weight is 434 g/mol. The molecule has 6 heteroatoms. The van der Waals surface area contributed by atoms with Crippen LogP contribution in [0.3, 0.4) is 0 Å². The number of benzene rings is 3. The lowest BCUT2D eigenvalue weighted by Gasteiger charge is -2.16. The highest BCUT2D eigenvalue weighted by Crippen LogP contribution is 2.32. The van der Waals surface area contributed by atoms with Crippen molar-refractivity contribution in [2.24, 2.45) is 0 Å². The van der Waals surface area contributed by atoms with Gasteiger partial charge in [-0.2, -0.15) is 0 Å². The largest absolute Gasteiger partial charge is 0.493 e. The Morgan fingerprint density at radius 1 is 0.966 bits per heavy atom. The number of rotatable bonds is 9. The van der Waals surface area contributed by atoms with Gasteiger partial charge < -0.3 is 14.8 Å². The van der Waals surface area contributed by atoms with E-state index in [1.165, 1.54) is 12.1 Å². The predicted molar refractivity (Wildman–Crippen MR) is 116 cm³/mol. The van der Waals surface area contributed by atoms with E-state index in [1.54, 1.807) is 25.3 Å². The highest BCUT2D eigenvalue weighted by Gasteiger charge is 2.11.